The van der Waals surface area contributed by atoms with Crippen molar-refractivity contribution in [2.24, 2.45) is 5.41 Å². The molecule has 4 fully saturated rings. The second-order valence-corrected chi connectivity index (χ2v) is 23.6. The summed E-state index contributed by atoms with van der Waals surface area (Å²) >= 11 is 12.0. The lowest BCUT2D eigenvalue weighted by Gasteiger charge is -2.45. The number of nitrogens with zero attached hydrogens (tertiary/aromatic N) is 3. The number of rotatable bonds is 15. The van der Waals surface area contributed by atoms with Crippen LogP contribution in [0.5, 0.6) is 11.5 Å². The number of hydrogen-bond acceptors (Lipinski definition) is 12. The molecule has 2 aromatic rings. The van der Waals surface area contributed by atoms with Crippen LogP contribution in [0.2, 0.25) is 10.0 Å². The SMILES string of the molecule is CC(C)(C)OC(=O)CCCOc1cc(Cl)ccc1C=O.CC(C)(C)OC(=O)CCCOc1cc(Cl)ccc1CN1CCCC12CCN(C(=O)OC(C(F)(F)F)C(F)(F)F)CC2.O=C(OC(C(F)(F)F)C(F)(F)F)N1CCC2(CCCC2)CC1. The molecule has 1 saturated carbocycles. The minimum absolute atomic E-state index is 0.0353. The van der Waals surface area contributed by atoms with Crippen molar-refractivity contribution in [3.63, 3.8) is 0 Å². The average Bonchev–Trinajstić information content (AvgIpc) is 4.24. The van der Waals surface area contributed by atoms with Crippen LogP contribution < -0.4 is 9.47 Å². The van der Waals surface area contributed by atoms with Gasteiger partial charge in [-0.05, 0) is 148 Å². The maximum absolute atomic E-state index is 12.8. The predicted octanol–water partition coefficient (Wildman–Crippen LogP) is 14.8. The first-order valence-electron chi connectivity index (χ1n) is 26.9. The second-order valence-electron chi connectivity index (χ2n) is 22.8. The zero-order valence-electron chi connectivity index (χ0n) is 46.9. The summed E-state index contributed by atoms with van der Waals surface area (Å²) in [6.45, 7) is 12.8. The molecule has 2 spiro atoms. The molecule has 3 aliphatic heterocycles. The summed E-state index contributed by atoms with van der Waals surface area (Å²) in [4.78, 5) is 62.2. The smallest absolute Gasteiger partial charge is 0.434 e. The highest BCUT2D eigenvalue weighted by molar-refractivity contribution is 6.31. The average molecular weight is 1250 g/mol. The number of carbonyl (C=O) groups is 5. The van der Waals surface area contributed by atoms with Crippen molar-refractivity contribution in [2.75, 3.05) is 45.9 Å². The Morgan fingerprint density at radius 3 is 1.39 bits per heavy atom. The van der Waals surface area contributed by atoms with Gasteiger partial charge in [-0.15, -0.1) is 0 Å². The number of esters is 2. The van der Waals surface area contributed by atoms with E-state index in [1.807, 2.05) is 26.8 Å². The van der Waals surface area contributed by atoms with Crippen LogP contribution in [0.1, 0.15) is 147 Å². The van der Waals surface area contributed by atoms with Gasteiger partial charge in [-0.3, -0.25) is 19.3 Å². The van der Waals surface area contributed by atoms with E-state index in [4.69, 9.17) is 42.1 Å². The van der Waals surface area contributed by atoms with E-state index in [-0.39, 0.29) is 68.5 Å². The highest BCUT2D eigenvalue weighted by Gasteiger charge is 2.61. The van der Waals surface area contributed by atoms with Crippen LogP contribution in [-0.2, 0) is 35.1 Å². The van der Waals surface area contributed by atoms with Gasteiger partial charge >= 0.3 is 48.8 Å². The Kier molecular flexibility index (Phi) is 24.9. The maximum Gasteiger partial charge on any atom is 0.434 e. The molecule has 4 aliphatic rings. The predicted molar refractivity (Wildman–Crippen MR) is 279 cm³/mol. The molecular formula is C55H71Cl2F12N3O11. The number of halogens is 14. The van der Waals surface area contributed by atoms with Crippen molar-refractivity contribution in [3.8, 4) is 11.5 Å². The van der Waals surface area contributed by atoms with Gasteiger partial charge in [0.25, 0.3) is 12.2 Å². The molecule has 28 heteroatoms. The fourth-order valence-corrected chi connectivity index (χ4v) is 10.3. The van der Waals surface area contributed by atoms with Crippen molar-refractivity contribution in [1.82, 2.24) is 14.7 Å². The number of alkyl halides is 12. The molecule has 0 aromatic heterocycles. The molecule has 0 atom stereocenters. The molecule has 0 bridgehead atoms. The van der Waals surface area contributed by atoms with E-state index in [9.17, 15) is 76.7 Å². The normalized spacial score (nSPS) is 17.6. The number of likely N-dealkylation sites (tertiary alicyclic amines) is 3. The Balaban J connectivity index is 0.000000296. The Hall–Kier alpha value is -5.11. The quantitative estimate of drug-likeness (QED) is 0.0549. The van der Waals surface area contributed by atoms with Crippen LogP contribution in [0.3, 0.4) is 0 Å². The molecular weight excluding hydrogens is 1180 g/mol. The maximum atomic E-state index is 12.8. The molecule has 14 nitrogen and oxygen atoms in total. The van der Waals surface area contributed by atoms with Crippen LogP contribution in [0.4, 0.5) is 62.3 Å². The van der Waals surface area contributed by atoms with Gasteiger partial charge in [0.1, 0.15) is 22.7 Å². The zero-order chi connectivity index (χ0) is 62.4. The summed E-state index contributed by atoms with van der Waals surface area (Å²) in [5.74, 6) is 0.392. The largest absolute Gasteiger partial charge is 0.493 e. The zero-order valence-corrected chi connectivity index (χ0v) is 48.4. The third-order valence-corrected chi connectivity index (χ3v) is 14.4. The Morgan fingerprint density at radius 1 is 0.554 bits per heavy atom. The monoisotopic (exact) mass is 1250 g/mol. The third-order valence-electron chi connectivity index (χ3n) is 14.0. The number of hydrogen-bond donors (Lipinski definition) is 0. The first-order chi connectivity index (χ1) is 38.2. The van der Waals surface area contributed by atoms with Crippen molar-refractivity contribution in [3.05, 3.63) is 57.6 Å². The Labute approximate surface area is 484 Å². The summed E-state index contributed by atoms with van der Waals surface area (Å²) in [5.41, 5.74) is -0.0495. The van der Waals surface area contributed by atoms with Gasteiger partial charge in [0.15, 0.2) is 6.29 Å². The molecule has 0 unspecified atom stereocenters. The lowest BCUT2D eigenvalue weighted by Crippen LogP contribution is -2.54. The van der Waals surface area contributed by atoms with Crippen molar-refractivity contribution < 1.29 is 105 Å². The van der Waals surface area contributed by atoms with Gasteiger partial charge < -0.3 is 38.2 Å². The molecule has 470 valence electrons. The van der Waals surface area contributed by atoms with Gasteiger partial charge in [-0.25, -0.2) is 9.59 Å². The fourth-order valence-electron chi connectivity index (χ4n) is 10.0. The van der Waals surface area contributed by atoms with Crippen LogP contribution >= 0.6 is 23.2 Å². The minimum atomic E-state index is -5.76. The standard InChI is InChI=1S/C27H35ClF6N2O5.C15H19ClO4.C13H17F6NO2/c1-24(2,3)41-21(37)6-4-15-39-20-16-19(28)8-7-18(20)17-36-12-5-9-25(36)10-13-35(14-11-25)23(38)40-22(26(29,30)31)27(32,33)34;1-15(2,3)20-14(18)5-4-8-19-13-9-12(16)7-6-11(13)10-17;14-12(15,16)9(13(17,18)19)22-10(21)20-7-5-11(6-8-20)3-1-2-4-11/h7-8,16,22H,4-6,9-15,17H2,1-3H3;6-7,9-10H,4-5,8H2,1-3H3;9H,1-8H2. The number of benzene rings is 2. The van der Waals surface area contributed by atoms with E-state index in [0.717, 1.165) is 60.4 Å². The lowest BCUT2D eigenvalue weighted by atomic mass is 9.77. The number of amides is 2. The number of aldehydes is 1. The first-order valence-corrected chi connectivity index (χ1v) is 27.7. The second kappa shape index (κ2) is 29.3. The van der Waals surface area contributed by atoms with Crippen molar-refractivity contribution >= 4 is 53.6 Å². The third kappa shape index (κ3) is 23.0. The van der Waals surface area contributed by atoms with E-state index in [2.05, 4.69) is 14.4 Å². The van der Waals surface area contributed by atoms with Crippen LogP contribution in [0.15, 0.2) is 36.4 Å². The van der Waals surface area contributed by atoms with Crippen molar-refractivity contribution in [2.45, 2.75) is 192 Å². The highest BCUT2D eigenvalue weighted by Crippen LogP contribution is 2.47. The van der Waals surface area contributed by atoms with Gasteiger partial charge in [-0.1, -0.05) is 42.1 Å². The van der Waals surface area contributed by atoms with E-state index >= 15 is 0 Å². The van der Waals surface area contributed by atoms with Crippen molar-refractivity contribution in [1.29, 1.82) is 0 Å². The molecule has 83 heavy (non-hydrogen) atoms. The number of piperidine rings is 2. The lowest BCUT2D eigenvalue weighted by molar-refractivity contribution is -0.309. The molecule has 2 amide bonds. The molecule has 3 saturated heterocycles. The molecule has 1 aliphatic carbocycles. The fraction of sp³-hybridized carbons (Fsp3) is 0.691. The molecule has 0 N–H and O–H groups in total. The van der Waals surface area contributed by atoms with Gasteiger partial charge in [0.2, 0.25) is 0 Å². The highest BCUT2D eigenvalue weighted by atomic mass is 35.5. The van der Waals surface area contributed by atoms with Crippen LogP contribution in [0.25, 0.3) is 0 Å². The van der Waals surface area contributed by atoms with Gasteiger partial charge in [0.05, 0.1) is 18.8 Å². The molecule has 0 radical (unpaired) electrons. The van der Waals surface area contributed by atoms with Crippen LogP contribution in [0, 0.1) is 5.41 Å². The first kappa shape index (κ1) is 70.4. The van der Waals surface area contributed by atoms with E-state index in [0.29, 0.717) is 85.1 Å². The summed E-state index contributed by atoms with van der Waals surface area (Å²) in [6.07, 6.45) is -24.5. The van der Waals surface area contributed by atoms with Gasteiger partial charge in [0, 0.05) is 66.7 Å². The topological polar surface area (TPSA) is 150 Å². The van der Waals surface area contributed by atoms with Gasteiger partial charge in [-0.2, -0.15) is 52.7 Å². The summed E-state index contributed by atoms with van der Waals surface area (Å²) < 4.78 is 181. The van der Waals surface area contributed by atoms with E-state index in [1.165, 1.54) is 0 Å². The Bertz CT molecular complexity index is 2430. The molecule has 2 aromatic carbocycles. The number of carbonyl (C=O) groups excluding carboxylic acids is 5. The summed E-state index contributed by atoms with van der Waals surface area (Å²) in [6, 6.07) is 10.0. The van der Waals surface area contributed by atoms with Crippen LogP contribution in [-0.4, -0.2) is 145 Å². The molecule has 3 heterocycles. The summed E-state index contributed by atoms with van der Waals surface area (Å²) in [5, 5.41) is 0.965. The van der Waals surface area contributed by atoms with E-state index in [1.54, 1.807) is 51.1 Å². The van der Waals surface area contributed by atoms with E-state index < -0.39 is 60.3 Å². The minimum Gasteiger partial charge on any atom is -0.493 e. The summed E-state index contributed by atoms with van der Waals surface area (Å²) in [7, 11) is 0. The molecule has 6 rings (SSSR count). The number of ether oxygens (including phenoxy) is 6. The Morgan fingerprint density at radius 2 is 0.964 bits per heavy atom.